The second-order valence-electron chi connectivity index (χ2n) is 13.7. The van der Waals surface area contributed by atoms with Gasteiger partial charge in [-0.1, -0.05) is 6.07 Å². The number of halogens is 1. The molecule has 2 saturated heterocycles. The van der Waals surface area contributed by atoms with Gasteiger partial charge in [-0.05, 0) is 73.2 Å². The molecule has 0 radical (unpaired) electrons. The number of anilines is 2. The molecule has 49 heavy (non-hydrogen) atoms. The fourth-order valence-corrected chi connectivity index (χ4v) is 7.53. The van der Waals surface area contributed by atoms with Gasteiger partial charge >= 0.3 is 0 Å². The third kappa shape index (κ3) is 5.41. The number of pyridine rings is 2. The zero-order valence-electron chi connectivity index (χ0n) is 27.4. The minimum absolute atomic E-state index is 0.169. The van der Waals surface area contributed by atoms with Gasteiger partial charge in [-0.25, -0.2) is 24.0 Å². The molecule has 1 unspecified atom stereocenters. The van der Waals surface area contributed by atoms with Gasteiger partial charge in [0.1, 0.15) is 17.5 Å². The van der Waals surface area contributed by atoms with E-state index in [4.69, 9.17) is 25.5 Å². The van der Waals surface area contributed by atoms with Crippen LogP contribution in [-0.4, -0.2) is 91.7 Å². The van der Waals surface area contributed by atoms with Crippen molar-refractivity contribution in [1.82, 2.24) is 39.5 Å². The van der Waals surface area contributed by atoms with E-state index in [1.807, 2.05) is 64.2 Å². The van der Waals surface area contributed by atoms with Crippen molar-refractivity contribution in [3.05, 3.63) is 72.1 Å². The van der Waals surface area contributed by atoms with Crippen LogP contribution in [0.5, 0.6) is 0 Å². The molecule has 252 valence electrons. The van der Waals surface area contributed by atoms with Crippen LogP contribution in [0.25, 0.3) is 34.1 Å². The molecule has 1 saturated carbocycles. The Morgan fingerprint density at radius 2 is 1.86 bits per heavy atom. The van der Waals surface area contributed by atoms with Crippen LogP contribution in [0.15, 0.2) is 60.9 Å². The largest absolute Gasteiger partial charge is 0.383 e. The van der Waals surface area contributed by atoms with E-state index in [0.29, 0.717) is 46.5 Å². The van der Waals surface area contributed by atoms with Crippen LogP contribution in [0.1, 0.15) is 42.9 Å². The Labute approximate surface area is 283 Å². The molecule has 4 aromatic heterocycles. The number of likely N-dealkylation sites (tertiary alicyclic amines) is 1. The fourth-order valence-electron chi connectivity index (χ4n) is 7.53. The highest BCUT2D eigenvalue weighted by Crippen LogP contribution is 2.38. The second-order valence-corrected chi connectivity index (χ2v) is 13.7. The summed E-state index contributed by atoms with van der Waals surface area (Å²) in [4.78, 5) is 31.1. The van der Waals surface area contributed by atoms with Gasteiger partial charge in [0, 0.05) is 75.8 Å². The average Bonchev–Trinajstić information content (AvgIpc) is 3.59. The molecule has 3 fully saturated rings. The first-order valence-electron chi connectivity index (χ1n) is 17.2. The minimum Gasteiger partial charge on any atom is -0.383 e. The maximum Gasteiger partial charge on any atom is 0.225 e. The molecule has 1 amide bonds. The maximum absolute atomic E-state index is 15.7. The second kappa shape index (κ2) is 11.9. The van der Waals surface area contributed by atoms with Gasteiger partial charge in [-0.2, -0.15) is 0 Å². The predicted octanol–water partition coefficient (Wildman–Crippen LogP) is 4.01. The van der Waals surface area contributed by atoms with E-state index in [-0.39, 0.29) is 18.1 Å². The zero-order chi connectivity index (χ0) is 33.2. The number of imidazole rings is 1. The van der Waals surface area contributed by atoms with E-state index in [9.17, 15) is 4.79 Å². The van der Waals surface area contributed by atoms with E-state index in [0.717, 1.165) is 74.5 Å². The number of nitrogens with two attached hydrogens (primary N) is 1. The fraction of sp³-hybridized carbons (Fsp3) is 0.417. The number of benzene rings is 1. The van der Waals surface area contributed by atoms with Crippen molar-refractivity contribution in [2.24, 2.45) is 5.92 Å². The molecule has 4 aliphatic rings. The number of hydrogen-bond donors (Lipinski definition) is 2. The number of fused-ring (bicyclic) bond motifs is 2. The first kappa shape index (κ1) is 30.2. The maximum atomic E-state index is 15.7. The summed E-state index contributed by atoms with van der Waals surface area (Å²) in [5, 5.41) is 8.41. The summed E-state index contributed by atoms with van der Waals surface area (Å²) >= 11 is 0. The number of carbonyl (C=O) groups is 1. The highest BCUT2D eigenvalue weighted by atomic mass is 19.1. The number of alkyl halides is 1. The van der Waals surface area contributed by atoms with Gasteiger partial charge in [-0.15, -0.1) is 5.10 Å². The topological polar surface area (TPSA) is 132 Å². The molecule has 2 aliphatic carbocycles. The number of nitrogens with one attached hydrogen (secondary N) is 1. The van der Waals surface area contributed by atoms with Crippen LogP contribution in [0.3, 0.4) is 0 Å². The Kier molecular flexibility index (Phi) is 7.34. The summed E-state index contributed by atoms with van der Waals surface area (Å²) in [5.74, 6) is 3.01. The third-order valence-corrected chi connectivity index (χ3v) is 10.5. The van der Waals surface area contributed by atoms with Crippen LogP contribution < -0.4 is 16.0 Å². The lowest BCUT2D eigenvalue weighted by Gasteiger charge is -2.38. The van der Waals surface area contributed by atoms with Crippen molar-refractivity contribution in [2.45, 2.75) is 56.5 Å². The van der Waals surface area contributed by atoms with Gasteiger partial charge < -0.3 is 25.6 Å². The summed E-state index contributed by atoms with van der Waals surface area (Å²) in [6.07, 6.45) is 6.76. The van der Waals surface area contributed by atoms with Crippen molar-refractivity contribution >= 4 is 28.7 Å². The SMILES string of the molecule is COC1CN(c2ccn(-c3ccc4nc(-c5cccnc5N)n(-c5ccc6c(c5)CC(F)[C@@H]6NC5CCN(C(=O)C6CC6)CC5)c4n3)n2)C1. The van der Waals surface area contributed by atoms with Crippen molar-refractivity contribution in [3.63, 3.8) is 0 Å². The molecule has 1 aromatic carbocycles. The van der Waals surface area contributed by atoms with Gasteiger partial charge in [-0.3, -0.25) is 9.36 Å². The standard InChI is InChI=1S/C36H39FN10O2/c1-49-25-19-45(20-25)31-12-16-46(43-31)30-9-8-29-35(42-30)47(34(41-29)27-3-2-13-39-33(27)38)24-6-7-26-22(17-24)18-28(37)32(26)40-23-10-14-44(15-11-23)36(48)21-4-5-21/h2-3,6-9,12-13,16-17,21,23,25,28,32,40H,4-5,10-11,14-15,18-20H2,1H3,(H2,38,39)/t28?,32-/m1/s1. The number of hydrogen-bond acceptors (Lipinski definition) is 9. The van der Waals surface area contributed by atoms with Gasteiger partial charge in [0.2, 0.25) is 5.91 Å². The number of piperidine rings is 1. The van der Waals surface area contributed by atoms with Crippen LogP contribution in [0.4, 0.5) is 16.0 Å². The summed E-state index contributed by atoms with van der Waals surface area (Å²) in [5.41, 5.74) is 11.1. The van der Waals surface area contributed by atoms with Crippen LogP contribution in [0, 0.1) is 5.92 Å². The molecule has 5 aromatic rings. The average molecular weight is 663 g/mol. The molecular weight excluding hydrogens is 623 g/mol. The first-order chi connectivity index (χ1) is 23.9. The lowest BCUT2D eigenvalue weighted by atomic mass is 10.0. The minimum atomic E-state index is -1.05. The lowest BCUT2D eigenvalue weighted by molar-refractivity contribution is -0.133. The van der Waals surface area contributed by atoms with Crippen LogP contribution in [-0.2, 0) is 16.0 Å². The number of ether oxygens (including phenoxy) is 1. The van der Waals surface area contributed by atoms with Crippen molar-refractivity contribution < 1.29 is 13.9 Å². The van der Waals surface area contributed by atoms with Crippen molar-refractivity contribution in [2.75, 3.05) is 43.9 Å². The molecule has 13 heteroatoms. The van der Waals surface area contributed by atoms with E-state index < -0.39 is 12.2 Å². The van der Waals surface area contributed by atoms with Crippen molar-refractivity contribution in [3.8, 4) is 22.9 Å². The highest BCUT2D eigenvalue weighted by Gasteiger charge is 2.38. The molecule has 0 spiro atoms. The summed E-state index contributed by atoms with van der Waals surface area (Å²) < 4.78 is 24.9. The number of amides is 1. The molecular formula is C36H39FN10O2. The number of carbonyl (C=O) groups excluding carboxylic acids is 1. The molecule has 2 aliphatic heterocycles. The summed E-state index contributed by atoms with van der Waals surface area (Å²) in [6.45, 7) is 3.07. The number of methoxy groups -OCH3 is 1. The Bertz CT molecular complexity index is 2040. The van der Waals surface area contributed by atoms with E-state index >= 15 is 4.39 Å². The van der Waals surface area contributed by atoms with Crippen LogP contribution in [0.2, 0.25) is 0 Å². The summed E-state index contributed by atoms with van der Waals surface area (Å²) in [6, 6.07) is 15.4. The number of aromatic nitrogens is 6. The molecule has 6 heterocycles. The van der Waals surface area contributed by atoms with Gasteiger partial charge in [0.25, 0.3) is 0 Å². The molecule has 2 atom stereocenters. The van der Waals surface area contributed by atoms with Crippen molar-refractivity contribution in [1.29, 1.82) is 0 Å². The first-order valence-corrected chi connectivity index (χ1v) is 17.2. The Hall–Kier alpha value is -4.88. The Balaban J connectivity index is 1.03. The molecule has 0 bridgehead atoms. The quantitative estimate of drug-likeness (QED) is 0.253. The number of nitrogens with zero attached hydrogens (tertiary/aromatic N) is 8. The molecule has 12 nitrogen and oxygen atoms in total. The highest BCUT2D eigenvalue weighted by molar-refractivity contribution is 5.83. The van der Waals surface area contributed by atoms with E-state index in [1.54, 1.807) is 18.0 Å². The van der Waals surface area contributed by atoms with Gasteiger partial charge in [0.15, 0.2) is 23.1 Å². The number of nitrogen functional groups attached to an aromatic ring is 1. The normalized spacial score (nSPS) is 21.3. The van der Waals surface area contributed by atoms with E-state index in [1.165, 1.54) is 0 Å². The smallest absolute Gasteiger partial charge is 0.225 e. The number of rotatable bonds is 8. The lowest BCUT2D eigenvalue weighted by Crippen LogP contribution is -2.52. The summed E-state index contributed by atoms with van der Waals surface area (Å²) in [7, 11) is 1.73. The molecule has 3 N–H and O–H groups in total. The Morgan fingerprint density at radius 3 is 2.63 bits per heavy atom. The third-order valence-electron chi connectivity index (χ3n) is 10.5. The van der Waals surface area contributed by atoms with Gasteiger partial charge in [0.05, 0.1) is 17.7 Å². The zero-order valence-corrected chi connectivity index (χ0v) is 27.4. The monoisotopic (exact) mass is 662 g/mol. The predicted molar refractivity (Wildman–Crippen MR) is 183 cm³/mol. The molecule has 9 rings (SSSR count). The van der Waals surface area contributed by atoms with Crippen LogP contribution >= 0.6 is 0 Å². The van der Waals surface area contributed by atoms with E-state index in [2.05, 4.69) is 15.2 Å². The Morgan fingerprint density at radius 1 is 1.02 bits per heavy atom.